The second kappa shape index (κ2) is 17.6. The number of carbonyl (C=O) groups is 4. The van der Waals surface area contributed by atoms with Gasteiger partial charge in [-0.15, -0.1) is 0 Å². The molecule has 1 aliphatic heterocycles. The average molecular weight is 702 g/mol. The molecular weight excluding hydrogens is 649 g/mol. The van der Waals surface area contributed by atoms with Crippen LogP contribution >= 0.6 is 0 Å². The van der Waals surface area contributed by atoms with Crippen molar-refractivity contribution in [1.29, 1.82) is 0 Å². The fraction of sp³-hybridized carbons (Fsp3) is 0.513. The van der Waals surface area contributed by atoms with Gasteiger partial charge in [-0.05, 0) is 60.9 Å². The molecule has 3 atom stereocenters. The molecule has 0 unspecified atom stereocenters. The molecule has 5 rings (SSSR count). The number of piperazine rings is 1. The summed E-state index contributed by atoms with van der Waals surface area (Å²) in [6.45, 7) is 11.3. The number of carbonyl (C=O) groups excluding carboxylic acids is 4. The Morgan fingerprint density at radius 3 is 2.27 bits per heavy atom. The van der Waals surface area contributed by atoms with Gasteiger partial charge in [0, 0.05) is 57.8 Å². The van der Waals surface area contributed by atoms with Gasteiger partial charge in [0.25, 0.3) is 5.91 Å². The maximum absolute atomic E-state index is 15.8. The first-order valence-corrected chi connectivity index (χ1v) is 18.3. The number of amides is 4. The monoisotopic (exact) mass is 701 g/mol. The van der Waals surface area contributed by atoms with E-state index in [4.69, 9.17) is 0 Å². The fourth-order valence-corrected chi connectivity index (χ4v) is 7.17. The molecule has 3 aromatic rings. The van der Waals surface area contributed by atoms with Crippen LogP contribution in [0.2, 0.25) is 0 Å². The van der Waals surface area contributed by atoms with E-state index in [1.807, 2.05) is 25.1 Å². The Morgan fingerprint density at radius 1 is 0.922 bits per heavy atom. The molecule has 2 aliphatic rings. The molecule has 51 heavy (non-hydrogen) atoms. The number of halogens is 1. The van der Waals surface area contributed by atoms with E-state index >= 15 is 4.39 Å². The number of nitrogens with one attached hydrogen (secondary N) is 3. The van der Waals surface area contributed by atoms with Crippen molar-refractivity contribution < 1.29 is 23.6 Å². The van der Waals surface area contributed by atoms with E-state index in [2.05, 4.69) is 45.0 Å². The van der Waals surface area contributed by atoms with Crippen LogP contribution in [-0.4, -0.2) is 81.5 Å². The van der Waals surface area contributed by atoms with Crippen molar-refractivity contribution in [3.05, 3.63) is 83.4 Å². The lowest BCUT2D eigenvalue weighted by Gasteiger charge is -2.37. The molecule has 274 valence electrons. The largest absolute Gasteiger partial charge is 0.344 e. The molecule has 1 saturated carbocycles. The Hall–Kier alpha value is -4.58. The summed E-state index contributed by atoms with van der Waals surface area (Å²) >= 11 is 0. The summed E-state index contributed by atoms with van der Waals surface area (Å²) in [5.41, 5.74) is 2.07. The zero-order chi connectivity index (χ0) is 36.5. The Balaban J connectivity index is 1.27. The van der Waals surface area contributed by atoms with Crippen LogP contribution in [0.4, 0.5) is 10.1 Å². The molecule has 2 fully saturated rings. The Morgan fingerprint density at radius 2 is 1.63 bits per heavy atom. The highest BCUT2D eigenvalue weighted by atomic mass is 19.1. The lowest BCUT2D eigenvalue weighted by atomic mass is 9.79. The maximum Gasteiger partial charge on any atom is 0.270 e. The third-order valence-corrected chi connectivity index (χ3v) is 10.5. The second-order valence-corrected chi connectivity index (χ2v) is 14.0. The van der Waals surface area contributed by atoms with Crippen molar-refractivity contribution in [2.45, 2.75) is 90.9 Å². The van der Waals surface area contributed by atoms with Crippen molar-refractivity contribution in [3.8, 4) is 0 Å². The highest BCUT2D eigenvalue weighted by Crippen LogP contribution is 2.32. The van der Waals surface area contributed by atoms with E-state index in [0.29, 0.717) is 49.9 Å². The number of hydrogen-bond acceptors (Lipinski definition) is 6. The summed E-state index contributed by atoms with van der Waals surface area (Å²) in [5.74, 6) is -2.13. The lowest BCUT2D eigenvalue weighted by Crippen LogP contribution is -2.56. The molecule has 12 heteroatoms. The van der Waals surface area contributed by atoms with E-state index in [-0.39, 0.29) is 29.8 Å². The molecule has 0 radical (unpaired) electrons. The third kappa shape index (κ3) is 9.61. The van der Waals surface area contributed by atoms with Gasteiger partial charge in [0.15, 0.2) is 0 Å². The number of hydrogen-bond donors (Lipinski definition) is 3. The van der Waals surface area contributed by atoms with Crippen molar-refractivity contribution in [3.63, 3.8) is 0 Å². The standard InChI is InChI=1S/C39H52FN7O4/c1-5-34(48)43-35(39(51)46-22-20-45(21-23-46)25-28-10-8-7-9-11-28)27(4)30-16-17-32(31(40)24-30)42-38(50)36(29-14-12-26(3)13-15-29)44-37(49)33-18-19-41-47(33)6-2/h7-11,16-19,24,26-27,29,35-36H,5-6,12-15,20-23,25H2,1-4H3,(H,42,50)(H,43,48)(H,44,49)/t26-,27-,29-,35+,36-/m0/s1. The van der Waals surface area contributed by atoms with Crippen LogP contribution in [-0.2, 0) is 27.5 Å². The van der Waals surface area contributed by atoms with E-state index in [9.17, 15) is 19.2 Å². The van der Waals surface area contributed by atoms with E-state index in [1.165, 1.54) is 17.7 Å². The zero-order valence-electron chi connectivity index (χ0n) is 30.2. The molecule has 2 heterocycles. The Bertz CT molecular complexity index is 1650. The van der Waals surface area contributed by atoms with E-state index < -0.39 is 35.6 Å². The second-order valence-electron chi connectivity index (χ2n) is 14.0. The minimum absolute atomic E-state index is 0.0204. The van der Waals surface area contributed by atoms with Crippen LogP contribution in [0.15, 0.2) is 60.8 Å². The van der Waals surface area contributed by atoms with Gasteiger partial charge in [-0.25, -0.2) is 4.39 Å². The molecule has 0 bridgehead atoms. The van der Waals surface area contributed by atoms with Gasteiger partial charge >= 0.3 is 0 Å². The van der Waals surface area contributed by atoms with Crippen LogP contribution in [0.3, 0.4) is 0 Å². The number of rotatable bonds is 13. The van der Waals surface area contributed by atoms with Crippen molar-refractivity contribution in [2.24, 2.45) is 11.8 Å². The van der Waals surface area contributed by atoms with Crippen LogP contribution in [0.25, 0.3) is 0 Å². The highest BCUT2D eigenvalue weighted by Gasteiger charge is 2.35. The van der Waals surface area contributed by atoms with Crippen LogP contribution in [0.5, 0.6) is 0 Å². The van der Waals surface area contributed by atoms with Gasteiger partial charge in [0.1, 0.15) is 23.6 Å². The molecule has 1 aliphatic carbocycles. The number of anilines is 1. The molecule has 1 aromatic heterocycles. The van der Waals surface area contributed by atoms with Gasteiger partial charge in [-0.1, -0.05) is 70.0 Å². The SMILES string of the molecule is CCC(=O)N[C@@H](C(=O)N1CCN(Cc2ccccc2)CC1)[C@@H](C)c1ccc(NC(=O)[C@@H](NC(=O)c2ccnn2CC)[C@H]2CC[C@H](C)CC2)c(F)c1. The molecule has 3 N–H and O–H groups in total. The normalized spacial score (nSPS) is 19.8. The van der Waals surface area contributed by atoms with Crippen LogP contribution in [0.1, 0.15) is 87.3 Å². The molecule has 4 amide bonds. The maximum atomic E-state index is 15.8. The number of nitrogens with zero attached hydrogens (tertiary/aromatic N) is 4. The minimum Gasteiger partial charge on any atom is -0.344 e. The zero-order valence-corrected chi connectivity index (χ0v) is 30.2. The fourth-order valence-electron chi connectivity index (χ4n) is 7.17. The van der Waals surface area contributed by atoms with Gasteiger partial charge in [-0.2, -0.15) is 5.10 Å². The van der Waals surface area contributed by atoms with Gasteiger partial charge < -0.3 is 20.9 Å². The van der Waals surface area contributed by atoms with Crippen molar-refractivity contribution in [2.75, 3.05) is 31.5 Å². The first kappa shape index (κ1) is 37.7. The van der Waals surface area contributed by atoms with Crippen molar-refractivity contribution >= 4 is 29.3 Å². The molecular formula is C39H52FN7O4. The molecule has 2 aromatic carbocycles. The topological polar surface area (TPSA) is 129 Å². The van der Waals surface area contributed by atoms with Gasteiger partial charge in [0.2, 0.25) is 17.7 Å². The summed E-state index contributed by atoms with van der Waals surface area (Å²) < 4.78 is 17.3. The van der Waals surface area contributed by atoms with Gasteiger partial charge in [-0.3, -0.25) is 28.8 Å². The first-order chi connectivity index (χ1) is 24.6. The van der Waals surface area contributed by atoms with Crippen LogP contribution < -0.4 is 16.0 Å². The lowest BCUT2D eigenvalue weighted by molar-refractivity contribution is -0.138. The quantitative estimate of drug-likeness (QED) is 0.232. The minimum atomic E-state index is -0.886. The number of aryl methyl sites for hydroxylation is 1. The van der Waals surface area contributed by atoms with Crippen LogP contribution in [0, 0.1) is 17.7 Å². The number of aromatic nitrogens is 2. The van der Waals surface area contributed by atoms with E-state index in [0.717, 1.165) is 32.2 Å². The summed E-state index contributed by atoms with van der Waals surface area (Å²) in [6, 6.07) is 14.5. The smallest absolute Gasteiger partial charge is 0.270 e. The highest BCUT2D eigenvalue weighted by molar-refractivity contribution is 6.00. The molecule has 11 nitrogen and oxygen atoms in total. The Kier molecular flexibility index (Phi) is 13.0. The summed E-state index contributed by atoms with van der Waals surface area (Å²) in [7, 11) is 0. The third-order valence-electron chi connectivity index (χ3n) is 10.5. The van der Waals surface area contributed by atoms with E-state index in [1.54, 1.807) is 41.8 Å². The molecule has 0 spiro atoms. The van der Waals surface area contributed by atoms with Crippen molar-refractivity contribution in [1.82, 2.24) is 30.2 Å². The molecule has 1 saturated heterocycles. The number of benzene rings is 2. The summed E-state index contributed by atoms with van der Waals surface area (Å²) in [4.78, 5) is 57.6. The summed E-state index contributed by atoms with van der Waals surface area (Å²) in [6.07, 6.45) is 5.18. The average Bonchev–Trinajstić information content (AvgIpc) is 3.63. The Labute approximate surface area is 300 Å². The van der Waals surface area contributed by atoms with Gasteiger partial charge in [0.05, 0.1) is 5.69 Å². The predicted molar refractivity (Wildman–Crippen MR) is 194 cm³/mol. The predicted octanol–water partition coefficient (Wildman–Crippen LogP) is 4.95. The first-order valence-electron chi connectivity index (χ1n) is 18.3. The summed E-state index contributed by atoms with van der Waals surface area (Å²) in [5, 5.41) is 12.7.